The Kier molecular flexibility index (Phi) is 4.05. The molecule has 0 spiro atoms. The predicted octanol–water partition coefficient (Wildman–Crippen LogP) is 3.35. The molecule has 0 amide bonds. The van der Waals surface area contributed by atoms with Gasteiger partial charge in [0.1, 0.15) is 2.14 Å². The molecule has 0 fully saturated rings. The van der Waals surface area contributed by atoms with Crippen LogP contribution < -0.4 is 0 Å². The average molecular weight is 363 g/mol. The van der Waals surface area contributed by atoms with Crippen LogP contribution in [0.4, 0.5) is 13.2 Å². The maximum absolute atomic E-state index is 11.6. The van der Waals surface area contributed by atoms with E-state index in [9.17, 15) is 18.0 Å². The molecule has 0 atom stereocenters. The third-order valence-electron chi connectivity index (χ3n) is 0.677. The van der Waals surface area contributed by atoms with Gasteiger partial charge in [-0.1, -0.05) is 47.8 Å². The van der Waals surface area contributed by atoms with Crippen LogP contribution in [-0.2, 0) is 4.79 Å². The number of carbonyl (C=O) groups is 1. The molecule has 1 nitrogen and oxygen atoms in total. The fraction of sp³-hybridized carbons (Fsp3) is 0.750. The summed E-state index contributed by atoms with van der Waals surface area (Å²) in [5.74, 6) is -1.79. The lowest BCUT2D eigenvalue weighted by atomic mass is 10.3. The van der Waals surface area contributed by atoms with E-state index in [0.29, 0.717) is 0 Å². The Labute approximate surface area is 86.1 Å². The lowest BCUT2D eigenvalue weighted by molar-refractivity contribution is -0.170. The Morgan fingerprint density at radius 3 is 1.64 bits per heavy atom. The van der Waals surface area contributed by atoms with Gasteiger partial charge in [-0.15, -0.1) is 0 Å². The number of hydrogen-bond donors (Lipinski definition) is 0. The van der Waals surface area contributed by atoms with Gasteiger partial charge in [0, 0.05) is 0 Å². The quantitative estimate of drug-likeness (QED) is 0.654. The summed E-state index contributed by atoms with van der Waals surface area (Å²) in [7, 11) is 0. The van der Waals surface area contributed by atoms with Gasteiger partial charge in [-0.25, -0.2) is 0 Å². The second kappa shape index (κ2) is 3.74. The molecule has 0 aliphatic carbocycles. The van der Waals surface area contributed by atoms with Crippen molar-refractivity contribution in [1.29, 1.82) is 0 Å². The Balaban J connectivity index is 4.11. The van der Waals surface area contributed by atoms with E-state index in [-0.39, 0.29) is 0 Å². The van der Waals surface area contributed by atoms with Crippen molar-refractivity contribution in [3.63, 3.8) is 0 Å². The van der Waals surface area contributed by atoms with E-state index in [4.69, 9.17) is 0 Å². The molecule has 7 heteroatoms. The maximum Gasteiger partial charge on any atom is 0.450 e. The van der Waals surface area contributed by atoms with Crippen molar-refractivity contribution in [1.82, 2.24) is 0 Å². The number of hydrogen-bond acceptors (Lipinski definition) is 1. The highest BCUT2D eigenvalue weighted by Crippen LogP contribution is 2.39. The lowest BCUT2D eigenvalue weighted by Gasteiger charge is -2.11. The molecule has 0 saturated carbocycles. The lowest BCUT2D eigenvalue weighted by Crippen LogP contribution is -2.26. The van der Waals surface area contributed by atoms with Crippen molar-refractivity contribution < 1.29 is 18.0 Å². The summed E-state index contributed by atoms with van der Waals surface area (Å²) < 4.78 is 33.5. The molecule has 11 heavy (non-hydrogen) atoms. The van der Waals surface area contributed by atoms with Gasteiger partial charge < -0.3 is 0 Å². The number of carbonyl (C=O) groups excluding carboxylic acids is 1. The van der Waals surface area contributed by atoms with Crippen LogP contribution in [0.2, 0.25) is 0 Å². The van der Waals surface area contributed by atoms with Gasteiger partial charge in [-0.3, -0.25) is 4.79 Å². The van der Waals surface area contributed by atoms with Crippen LogP contribution in [0.25, 0.3) is 0 Å². The molecule has 0 rings (SSSR count). The van der Waals surface area contributed by atoms with Gasteiger partial charge >= 0.3 is 6.18 Å². The smallest absolute Gasteiger partial charge is 0.289 e. The van der Waals surface area contributed by atoms with Gasteiger partial charge in [0.15, 0.2) is 0 Å². The van der Waals surface area contributed by atoms with Crippen molar-refractivity contribution >= 4 is 53.6 Å². The zero-order valence-electron chi connectivity index (χ0n) is 4.88. The summed E-state index contributed by atoms with van der Waals surface area (Å²) in [6.07, 6.45) is -5.46. The number of Topliss-reactive ketones (excluding diaryl/α,β-unsaturated/α-hetero) is 1. The molecule has 0 N–H and O–H groups in total. The van der Waals surface area contributed by atoms with Crippen molar-refractivity contribution in [3.8, 4) is 0 Å². The Bertz CT molecular complexity index is 159. The van der Waals surface area contributed by atoms with Crippen LogP contribution in [0, 0.1) is 0 Å². The Morgan fingerprint density at radius 1 is 1.18 bits per heavy atom. The number of halogens is 6. The first-order valence-electron chi connectivity index (χ1n) is 2.30. The normalized spacial score (nSPS) is 13.3. The number of alkyl halides is 6. The topological polar surface area (TPSA) is 17.1 Å². The van der Waals surface area contributed by atoms with Crippen LogP contribution >= 0.6 is 47.8 Å². The van der Waals surface area contributed by atoms with E-state index in [1.165, 1.54) is 0 Å². The monoisotopic (exact) mass is 360 g/mol. The van der Waals surface area contributed by atoms with Crippen molar-refractivity contribution in [2.24, 2.45) is 0 Å². The minimum atomic E-state index is -4.76. The summed E-state index contributed by atoms with van der Waals surface area (Å²) >= 11 is 8.35. The first-order valence-corrected chi connectivity index (χ1v) is 4.67. The van der Waals surface area contributed by atoms with Crippen molar-refractivity contribution in [3.05, 3.63) is 0 Å². The largest absolute Gasteiger partial charge is 0.450 e. The molecule has 0 aromatic carbocycles. The highest BCUT2D eigenvalue weighted by atomic mass is 80.0. The Morgan fingerprint density at radius 2 is 1.55 bits per heavy atom. The van der Waals surface area contributed by atoms with E-state index in [2.05, 4.69) is 47.8 Å². The van der Waals surface area contributed by atoms with E-state index >= 15 is 0 Å². The van der Waals surface area contributed by atoms with Gasteiger partial charge in [0.05, 0.1) is 6.42 Å². The van der Waals surface area contributed by atoms with Crippen LogP contribution in [0.3, 0.4) is 0 Å². The molecule has 0 aliphatic rings. The minimum Gasteiger partial charge on any atom is -0.289 e. The third kappa shape index (κ3) is 6.10. The summed E-state index contributed by atoms with van der Waals surface area (Å²) in [4.78, 5) is 10.3. The molecule has 0 radical (unpaired) electrons. The fourth-order valence-corrected chi connectivity index (χ4v) is 1.05. The zero-order chi connectivity index (χ0) is 9.28. The zero-order valence-corrected chi connectivity index (χ0v) is 9.64. The summed E-state index contributed by atoms with van der Waals surface area (Å²) in [5, 5.41) is 0. The van der Waals surface area contributed by atoms with Crippen LogP contribution in [-0.4, -0.2) is 14.1 Å². The SMILES string of the molecule is O=C(CC(Br)(Br)Br)C(F)(F)F. The van der Waals surface area contributed by atoms with Gasteiger partial charge in [0.2, 0.25) is 5.78 Å². The molecule has 0 unspecified atom stereocenters. The second-order valence-electron chi connectivity index (χ2n) is 1.71. The summed E-state index contributed by atoms with van der Waals surface area (Å²) in [6, 6.07) is 0. The van der Waals surface area contributed by atoms with Crippen molar-refractivity contribution in [2.75, 3.05) is 0 Å². The molecule has 66 valence electrons. The summed E-state index contributed by atoms with van der Waals surface area (Å²) in [5.41, 5.74) is 0. The molecule has 0 aromatic heterocycles. The summed E-state index contributed by atoms with van der Waals surface area (Å²) in [6.45, 7) is 0. The molecular weight excluding hydrogens is 361 g/mol. The third-order valence-corrected chi connectivity index (χ3v) is 1.52. The highest BCUT2D eigenvalue weighted by Gasteiger charge is 2.41. The van der Waals surface area contributed by atoms with Crippen LogP contribution in [0.1, 0.15) is 6.42 Å². The molecular formula is C4H2Br3F3O. The first kappa shape index (κ1) is 11.9. The van der Waals surface area contributed by atoms with E-state index < -0.39 is 20.5 Å². The average Bonchev–Trinajstić information content (AvgIpc) is 1.56. The molecule has 0 aromatic rings. The highest BCUT2D eigenvalue weighted by molar-refractivity contribution is 9.39. The van der Waals surface area contributed by atoms with Gasteiger partial charge in [0.25, 0.3) is 0 Å². The molecule has 0 heterocycles. The fourth-order valence-electron chi connectivity index (χ4n) is 0.282. The van der Waals surface area contributed by atoms with Crippen LogP contribution in [0.15, 0.2) is 0 Å². The standard InChI is InChI=1S/C4H2Br3F3O/c5-3(6,7)1-2(11)4(8,9)10/h1H2. The van der Waals surface area contributed by atoms with Crippen molar-refractivity contribution in [2.45, 2.75) is 14.7 Å². The maximum atomic E-state index is 11.6. The van der Waals surface area contributed by atoms with Crippen LogP contribution in [0.5, 0.6) is 0 Å². The van der Waals surface area contributed by atoms with Gasteiger partial charge in [-0.2, -0.15) is 13.2 Å². The van der Waals surface area contributed by atoms with Gasteiger partial charge in [-0.05, 0) is 0 Å². The Hall–Kier alpha value is 0.900. The number of ketones is 1. The number of rotatable bonds is 1. The molecule has 0 bridgehead atoms. The predicted molar refractivity (Wildman–Crippen MR) is 45.2 cm³/mol. The minimum absolute atomic E-state index is 0.698. The molecule has 0 aliphatic heterocycles. The molecule has 0 saturated heterocycles. The second-order valence-corrected chi connectivity index (χ2v) is 8.97. The van der Waals surface area contributed by atoms with E-state index in [1.807, 2.05) is 0 Å². The first-order chi connectivity index (χ1) is 4.63. The van der Waals surface area contributed by atoms with E-state index in [1.54, 1.807) is 0 Å². The van der Waals surface area contributed by atoms with E-state index in [0.717, 1.165) is 0 Å².